The molecule has 0 saturated carbocycles. The van der Waals surface area contributed by atoms with Gasteiger partial charge in [0, 0.05) is 4.90 Å². The molecule has 0 unspecified atom stereocenters. The highest BCUT2D eigenvalue weighted by atomic mass is 32.1. The number of rotatable bonds is 3. The molecule has 0 heterocycles. The summed E-state index contributed by atoms with van der Waals surface area (Å²) in [6.07, 6.45) is 0. The van der Waals surface area contributed by atoms with E-state index in [1.807, 2.05) is 0 Å². The Morgan fingerprint density at radius 3 is 1.93 bits per heavy atom. The predicted molar refractivity (Wildman–Crippen MR) is 56.8 cm³/mol. The van der Waals surface area contributed by atoms with E-state index in [4.69, 9.17) is 9.47 Å². The molecule has 0 bridgehead atoms. The van der Waals surface area contributed by atoms with Gasteiger partial charge in [0.25, 0.3) is 0 Å². The summed E-state index contributed by atoms with van der Waals surface area (Å²) in [6, 6.07) is 3.37. The third-order valence-electron chi connectivity index (χ3n) is 1.84. The van der Waals surface area contributed by atoms with Gasteiger partial charge in [0.15, 0.2) is 5.78 Å². The maximum atomic E-state index is 11.3. The Morgan fingerprint density at radius 1 is 1.21 bits per heavy atom. The van der Waals surface area contributed by atoms with Crippen LogP contribution in [0.2, 0.25) is 0 Å². The number of hydrogen-bond donors (Lipinski definition) is 1. The van der Waals surface area contributed by atoms with Gasteiger partial charge in [-0.1, -0.05) is 0 Å². The molecule has 0 aliphatic carbocycles. The van der Waals surface area contributed by atoms with E-state index < -0.39 is 0 Å². The second-order valence-corrected chi connectivity index (χ2v) is 3.30. The second-order valence-electron chi connectivity index (χ2n) is 2.78. The van der Waals surface area contributed by atoms with Gasteiger partial charge >= 0.3 is 0 Å². The van der Waals surface area contributed by atoms with Crippen LogP contribution in [0.25, 0.3) is 0 Å². The van der Waals surface area contributed by atoms with Crippen LogP contribution >= 0.6 is 12.6 Å². The third-order valence-corrected chi connectivity index (χ3v) is 2.10. The average Bonchev–Trinajstić information content (AvgIpc) is 2.15. The molecule has 0 fully saturated rings. The number of Topliss-reactive ketones (excluding diaryl/α,β-unsaturated/α-hetero) is 1. The first-order valence-electron chi connectivity index (χ1n) is 4.06. The summed E-state index contributed by atoms with van der Waals surface area (Å²) in [5, 5.41) is 0. The van der Waals surface area contributed by atoms with Crippen molar-refractivity contribution in [3.8, 4) is 11.5 Å². The molecule has 0 aliphatic heterocycles. The number of hydrogen-bond acceptors (Lipinski definition) is 4. The zero-order valence-corrected chi connectivity index (χ0v) is 9.22. The number of ketones is 1. The lowest BCUT2D eigenvalue weighted by atomic mass is 10.1. The fourth-order valence-electron chi connectivity index (χ4n) is 1.25. The van der Waals surface area contributed by atoms with E-state index in [1.54, 1.807) is 12.1 Å². The lowest BCUT2D eigenvalue weighted by Crippen LogP contribution is -2.01. The Balaban J connectivity index is 3.40. The van der Waals surface area contributed by atoms with Crippen molar-refractivity contribution in [3.63, 3.8) is 0 Å². The monoisotopic (exact) mass is 212 g/mol. The lowest BCUT2D eigenvalue weighted by Gasteiger charge is -2.11. The van der Waals surface area contributed by atoms with Crippen LogP contribution in [-0.2, 0) is 0 Å². The van der Waals surface area contributed by atoms with Gasteiger partial charge in [-0.2, -0.15) is 0 Å². The zero-order valence-electron chi connectivity index (χ0n) is 8.33. The van der Waals surface area contributed by atoms with Crippen LogP contribution in [0.4, 0.5) is 0 Å². The topological polar surface area (TPSA) is 35.5 Å². The molecule has 0 amide bonds. The van der Waals surface area contributed by atoms with Crippen molar-refractivity contribution in [1.82, 2.24) is 0 Å². The molecule has 0 aliphatic rings. The van der Waals surface area contributed by atoms with Gasteiger partial charge in [-0.25, -0.2) is 0 Å². The molecule has 76 valence electrons. The number of methoxy groups -OCH3 is 2. The number of ether oxygens (including phenoxy) is 2. The van der Waals surface area contributed by atoms with Crippen molar-refractivity contribution in [2.45, 2.75) is 11.8 Å². The number of carbonyl (C=O) groups is 1. The molecule has 4 heteroatoms. The molecular weight excluding hydrogens is 200 g/mol. The van der Waals surface area contributed by atoms with E-state index in [1.165, 1.54) is 21.1 Å². The smallest absolute Gasteiger partial charge is 0.167 e. The Bertz CT molecular complexity index is 335. The molecule has 0 spiro atoms. The summed E-state index contributed by atoms with van der Waals surface area (Å²) < 4.78 is 10.2. The van der Waals surface area contributed by atoms with Gasteiger partial charge in [-0.15, -0.1) is 12.6 Å². The van der Waals surface area contributed by atoms with Crippen LogP contribution in [0, 0.1) is 0 Å². The third kappa shape index (κ3) is 2.01. The van der Waals surface area contributed by atoms with E-state index in [9.17, 15) is 4.79 Å². The molecule has 1 rings (SSSR count). The molecule has 0 radical (unpaired) electrons. The fourth-order valence-corrected chi connectivity index (χ4v) is 1.48. The van der Waals surface area contributed by atoms with Gasteiger partial charge in [-0.3, -0.25) is 4.79 Å². The molecular formula is C10H12O3S. The van der Waals surface area contributed by atoms with E-state index in [0.717, 1.165) is 0 Å². The second kappa shape index (κ2) is 4.37. The van der Waals surface area contributed by atoms with Crippen molar-refractivity contribution in [3.05, 3.63) is 17.7 Å². The molecule has 0 N–H and O–H groups in total. The molecule has 0 aromatic heterocycles. The molecule has 0 saturated heterocycles. The maximum absolute atomic E-state index is 11.3. The van der Waals surface area contributed by atoms with Crippen molar-refractivity contribution in [1.29, 1.82) is 0 Å². The summed E-state index contributed by atoms with van der Waals surface area (Å²) in [7, 11) is 3.02. The number of carbonyl (C=O) groups excluding carboxylic acids is 1. The summed E-state index contributed by atoms with van der Waals surface area (Å²) in [4.78, 5) is 12.0. The predicted octanol–water partition coefficient (Wildman–Crippen LogP) is 2.20. The van der Waals surface area contributed by atoms with E-state index in [2.05, 4.69) is 12.6 Å². The van der Waals surface area contributed by atoms with Crippen LogP contribution in [0.5, 0.6) is 11.5 Å². The summed E-state index contributed by atoms with van der Waals surface area (Å²) in [5.41, 5.74) is 0.452. The summed E-state index contributed by atoms with van der Waals surface area (Å²) >= 11 is 4.18. The molecule has 0 atom stereocenters. The van der Waals surface area contributed by atoms with E-state index in [-0.39, 0.29) is 5.78 Å². The SMILES string of the molecule is COc1cc(S)cc(OC)c1C(C)=O. The van der Waals surface area contributed by atoms with Gasteiger partial charge in [0.2, 0.25) is 0 Å². The minimum atomic E-state index is -0.0907. The van der Waals surface area contributed by atoms with Gasteiger partial charge in [0.05, 0.1) is 14.2 Å². The molecule has 1 aromatic rings. The van der Waals surface area contributed by atoms with Gasteiger partial charge in [-0.05, 0) is 19.1 Å². The van der Waals surface area contributed by atoms with Crippen LogP contribution in [0.1, 0.15) is 17.3 Å². The normalized spacial score (nSPS) is 9.71. The highest BCUT2D eigenvalue weighted by Crippen LogP contribution is 2.32. The van der Waals surface area contributed by atoms with Crippen molar-refractivity contribution >= 4 is 18.4 Å². The fraction of sp³-hybridized carbons (Fsp3) is 0.300. The van der Waals surface area contributed by atoms with E-state index >= 15 is 0 Å². The van der Waals surface area contributed by atoms with Crippen molar-refractivity contribution < 1.29 is 14.3 Å². The summed E-state index contributed by atoms with van der Waals surface area (Å²) in [5.74, 6) is 0.885. The van der Waals surface area contributed by atoms with Crippen LogP contribution in [0.15, 0.2) is 17.0 Å². The molecule has 3 nitrogen and oxygen atoms in total. The Kier molecular flexibility index (Phi) is 3.41. The van der Waals surface area contributed by atoms with Gasteiger partial charge in [0.1, 0.15) is 17.1 Å². The quantitative estimate of drug-likeness (QED) is 0.616. The van der Waals surface area contributed by atoms with E-state index in [0.29, 0.717) is 22.0 Å². The van der Waals surface area contributed by atoms with Crippen LogP contribution in [-0.4, -0.2) is 20.0 Å². The minimum Gasteiger partial charge on any atom is -0.496 e. The highest BCUT2D eigenvalue weighted by molar-refractivity contribution is 7.80. The largest absolute Gasteiger partial charge is 0.496 e. The minimum absolute atomic E-state index is 0.0907. The summed E-state index contributed by atoms with van der Waals surface area (Å²) in [6.45, 7) is 1.47. The van der Waals surface area contributed by atoms with Gasteiger partial charge < -0.3 is 9.47 Å². The van der Waals surface area contributed by atoms with Crippen molar-refractivity contribution in [2.24, 2.45) is 0 Å². The highest BCUT2D eigenvalue weighted by Gasteiger charge is 2.15. The first-order valence-corrected chi connectivity index (χ1v) is 4.50. The standard InChI is InChI=1S/C10H12O3S/c1-6(11)10-8(12-2)4-7(14)5-9(10)13-3/h4-5,14H,1-3H3. The van der Waals surface area contributed by atoms with Crippen LogP contribution in [0.3, 0.4) is 0 Å². The lowest BCUT2D eigenvalue weighted by molar-refractivity contribution is 0.101. The Labute approximate surface area is 88.4 Å². The number of benzene rings is 1. The molecule has 1 aromatic carbocycles. The molecule has 14 heavy (non-hydrogen) atoms. The zero-order chi connectivity index (χ0) is 10.7. The number of thiol groups is 1. The average molecular weight is 212 g/mol. The van der Waals surface area contributed by atoms with Crippen molar-refractivity contribution in [2.75, 3.05) is 14.2 Å². The van der Waals surface area contributed by atoms with Crippen LogP contribution < -0.4 is 9.47 Å². The Hall–Kier alpha value is -1.16. The Morgan fingerprint density at radius 2 is 1.64 bits per heavy atom. The maximum Gasteiger partial charge on any atom is 0.167 e. The first kappa shape index (κ1) is 10.9. The first-order chi connectivity index (χ1) is 6.60.